The normalized spacial score (nSPS) is 16.2. The summed E-state index contributed by atoms with van der Waals surface area (Å²) in [5.41, 5.74) is 0.853. The van der Waals surface area contributed by atoms with Crippen molar-refractivity contribution in [1.29, 1.82) is 0 Å². The van der Waals surface area contributed by atoms with Crippen LogP contribution in [0, 0.1) is 0 Å². The summed E-state index contributed by atoms with van der Waals surface area (Å²) < 4.78 is 0. The van der Waals surface area contributed by atoms with Crippen LogP contribution in [-0.4, -0.2) is 43.8 Å². The van der Waals surface area contributed by atoms with Crippen molar-refractivity contribution >= 4 is 0 Å². The maximum Gasteiger partial charge on any atom is 0.139 e. The predicted octanol–water partition coefficient (Wildman–Crippen LogP) is 0.773. The van der Waals surface area contributed by atoms with Crippen molar-refractivity contribution in [1.82, 2.24) is 0 Å². The fraction of sp³-hybridized carbons (Fsp3) is 0.636. The average Bonchev–Trinajstić information content (AvgIpc) is 2.23. The quantitative estimate of drug-likeness (QED) is 0.461. The van der Waals surface area contributed by atoms with Gasteiger partial charge in [0, 0.05) is 0 Å². The molecule has 94 valence electrons. The van der Waals surface area contributed by atoms with Crippen LogP contribution in [0.5, 0.6) is 0 Å². The Morgan fingerprint density at radius 2 is 0.938 bits per heavy atom. The molecule has 0 rings (SSSR count). The highest BCUT2D eigenvalue weighted by molar-refractivity contribution is 5.14. The van der Waals surface area contributed by atoms with Crippen LogP contribution in [0.15, 0.2) is 22.7 Å². The summed E-state index contributed by atoms with van der Waals surface area (Å²) in [7, 11) is 0. The minimum Gasteiger partial charge on any atom is -0.510 e. The Balaban J connectivity index is 4.89. The van der Waals surface area contributed by atoms with Crippen LogP contribution in [0.2, 0.25) is 0 Å². The number of aliphatic hydroxyl groups is 5. The Morgan fingerprint density at radius 3 is 1.12 bits per heavy atom. The third-order valence-electron chi connectivity index (χ3n) is 2.23. The monoisotopic (exact) mass is 232 g/mol. The molecule has 0 saturated carbocycles. The Kier molecular flexibility index (Phi) is 5.50. The maximum atomic E-state index is 9.54. The standard InChI is InChI=1S/C11H20O5/c1-5(2)7(12)9(14)11(16)10(15)8(13)6(3)4/h9-16H,1-4H3/t9-,10+,11?. The van der Waals surface area contributed by atoms with Crippen molar-refractivity contribution in [3.63, 3.8) is 0 Å². The molecule has 5 heteroatoms. The molecule has 0 amide bonds. The first-order valence-corrected chi connectivity index (χ1v) is 4.97. The molecular formula is C11H20O5. The molecule has 16 heavy (non-hydrogen) atoms. The van der Waals surface area contributed by atoms with Gasteiger partial charge >= 0.3 is 0 Å². The van der Waals surface area contributed by atoms with Crippen molar-refractivity contribution in [3.05, 3.63) is 22.7 Å². The molecule has 0 aliphatic rings. The summed E-state index contributed by atoms with van der Waals surface area (Å²) in [6, 6.07) is 0. The number of aliphatic hydroxyl groups excluding tert-OH is 5. The molecular weight excluding hydrogens is 212 g/mol. The summed E-state index contributed by atoms with van der Waals surface area (Å²) >= 11 is 0. The minimum atomic E-state index is -1.68. The van der Waals surface area contributed by atoms with Crippen LogP contribution >= 0.6 is 0 Å². The van der Waals surface area contributed by atoms with Gasteiger partial charge in [-0.05, 0) is 38.8 Å². The second kappa shape index (κ2) is 5.89. The summed E-state index contributed by atoms with van der Waals surface area (Å²) in [5.74, 6) is -0.818. The summed E-state index contributed by atoms with van der Waals surface area (Å²) in [6.07, 6.45) is -4.92. The van der Waals surface area contributed by atoms with E-state index in [4.69, 9.17) is 0 Å². The second-order valence-corrected chi connectivity index (χ2v) is 4.15. The fourth-order valence-corrected chi connectivity index (χ4v) is 1.09. The maximum absolute atomic E-state index is 9.54. The van der Waals surface area contributed by atoms with E-state index in [2.05, 4.69) is 0 Å². The molecule has 1 unspecified atom stereocenters. The Morgan fingerprint density at radius 1 is 0.688 bits per heavy atom. The lowest BCUT2D eigenvalue weighted by atomic mass is 10.0. The molecule has 0 aromatic rings. The third kappa shape index (κ3) is 3.52. The highest BCUT2D eigenvalue weighted by Crippen LogP contribution is 2.16. The van der Waals surface area contributed by atoms with E-state index in [0.717, 1.165) is 0 Å². The van der Waals surface area contributed by atoms with Crippen molar-refractivity contribution in [2.24, 2.45) is 0 Å². The van der Waals surface area contributed by atoms with E-state index in [-0.39, 0.29) is 0 Å². The fourth-order valence-electron chi connectivity index (χ4n) is 1.09. The Labute approximate surface area is 95.0 Å². The van der Waals surface area contributed by atoms with Crippen molar-refractivity contribution in [2.45, 2.75) is 46.0 Å². The molecule has 0 aliphatic carbocycles. The molecule has 0 heterocycles. The first kappa shape index (κ1) is 15.0. The van der Waals surface area contributed by atoms with Gasteiger partial charge in [-0.15, -0.1) is 0 Å². The Hall–Kier alpha value is -1.04. The van der Waals surface area contributed by atoms with E-state index < -0.39 is 29.8 Å². The zero-order valence-electron chi connectivity index (χ0n) is 9.97. The first-order valence-electron chi connectivity index (χ1n) is 4.97. The van der Waals surface area contributed by atoms with Gasteiger partial charge in [-0.3, -0.25) is 0 Å². The van der Waals surface area contributed by atoms with Gasteiger partial charge < -0.3 is 25.5 Å². The lowest BCUT2D eigenvalue weighted by Crippen LogP contribution is -2.40. The van der Waals surface area contributed by atoms with Crippen molar-refractivity contribution in [3.8, 4) is 0 Å². The lowest BCUT2D eigenvalue weighted by Gasteiger charge is -2.23. The third-order valence-corrected chi connectivity index (χ3v) is 2.23. The van der Waals surface area contributed by atoms with Gasteiger partial charge in [0.15, 0.2) is 0 Å². The Bertz CT molecular complexity index is 267. The predicted molar refractivity (Wildman–Crippen MR) is 60.0 cm³/mol. The van der Waals surface area contributed by atoms with Gasteiger partial charge in [-0.25, -0.2) is 0 Å². The van der Waals surface area contributed by atoms with E-state index in [9.17, 15) is 25.5 Å². The minimum absolute atomic E-state index is 0.409. The SMILES string of the molecule is CC(C)=C(O)[C@@H](O)C(O)[C@@H](O)C(O)=C(C)C. The van der Waals surface area contributed by atoms with E-state index in [1.54, 1.807) is 27.7 Å². The first-order chi connectivity index (χ1) is 7.20. The van der Waals surface area contributed by atoms with Crippen LogP contribution < -0.4 is 0 Å². The van der Waals surface area contributed by atoms with E-state index >= 15 is 0 Å². The van der Waals surface area contributed by atoms with E-state index in [0.29, 0.717) is 11.1 Å². The molecule has 0 spiro atoms. The summed E-state index contributed by atoms with van der Waals surface area (Å²) in [4.78, 5) is 0. The summed E-state index contributed by atoms with van der Waals surface area (Å²) in [5, 5.41) is 47.3. The molecule has 0 aromatic carbocycles. The van der Waals surface area contributed by atoms with Crippen LogP contribution in [0.1, 0.15) is 27.7 Å². The number of rotatable bonds is 4. The molecule has 0 fully saturated rings. The zero-order chi connectivity index (χ0) is 13.0. The van der Waals surface area contributed by atoms with Crippen molar-refractivity contribution in [2.75, 3.05) is 0 Å². The number of hydrogen-bond donors (Lipinski definition) is 5. The van der Waals surface area contributed by atoms with Crippen LogP contribution in [0.3, 0.4) is 0 Å². The number of allylic oxidation sites excluding steroid dienone is 2. The van der Waals surface area contributed by atoms with E-state index in [1.165, 1.54) is 0 Å². The molecule has 3 atom stereocenters. The van der Waals surface area contributed by atoms with Gasteiger partial charge in [0.1, 0.15) is 29.8 Å². The molecule has 0 aromatic heterocycles. The van der Waals surface area contributed by atoms with Gasteiger partial charge in [0.25, 0.3) is 0 Å². The average molecular weight is 232 g/mol. The molecule has 0 aliphatic heterocycles. The summed E-state index contributed by atoms with van der Waals surface area (Å²) in [6.45, 7) is 6.22. The topological polar surface area (TPSA) is 101 Å². The van der Waals surface area contributed by atoms with Crippen LogP contribution in [0.25, 0.3) is 0 Å². The van der Waals surface area contributed by atoms with Crippen LogP contribution in [-0.2, 0) is 0 Å². The van der Waals surface area contributed by atoms with Crippen LogP contribution in [0.4, 0.5) is 0 Å². The highest BCUT2D eigenvalue weighted by Gasteiger charge is 2.30. The second-order valence-electron chi connectivity index (χ2n) is 4.15. The molecule has 5 N–H and O–H groups in total. The van der Waals surface area contributed by atoms with Gasteiger partial charge in [-0.1, -0.05) is 0 Å². The zero-order valence-corrected chi connectivity index (χ0v) is 9.97. The van der Waals surface area contributed by atoms with Crippen molar-refractivity contribution < 1.29 is 25.5 Å². The largest absolute Gasteiger partial charge is 0.510 e. The molecule has 5 nitrogen and oxygen atoms in total. The molecule has 0 radical (unpaired) electrons. The van der Waals surface area contributed by atoms with Gasteiger partial charge in [0.2, 0.25) is 0 Å². The highest BCUT2D eigenvalue weighted by atomic mass is 16.4. The number of hydrogen-bond acceptors (Lipinski definition) is 5. The van der Waals surface area contributed by atoms with Gasteiger partial charge in [0.05, 0.1) is 0 Å². The molecule has 0 bridgehead atoms. The lowest BCUT2D eigenvalue weighted by molar-refractivity contribution is -0.0564. The molecule has 0 saturated heterocycles. The smallest absolute Gasteiger partial charge is 0.139 e. The van der Waals surface area contributed by atoms with Gasteiger partial charge in [-0.2, -0.15) is 0 Å². The van der Waals surface area contributed by atoms with E-state index in [1.807, 2.05) is 0 Å².